The van der Waals surface area contributed by atoms with Crippen molar-refractivity contribution in [2.75, 3.05) is 26.3 Å². The van der Waals surface area contributed by atoms with Gasteiger partial charge in [0.15, 0.2) is 0 Å². The van der Waals surface area contributed by atoms with E-state index in [1.165, 1.54) is 6.07 Å². The molecule has 104 valence electrons. The van der Waals surface area contributed by atoms with E-state index in [1.54, 1.807) is 16.8 Å². The molecule has 1 aromatic rings. The largest absolute Gasteiger partial charge is 0.481 e. The van der Waals surface area contributed by atoms with E-state index in [9.17, 15) is 9.59 Å². The van der Waals surface area contributed by atoms with E-state index in [0.29, 0.717) is 32.8 Å². The Morgan fingerprint density at radius 3 is 3.00 bits per heavy atom. The monoisotopic (exact) mass is 266 g/mol. The van der Waals surface area contributed by atoms with Gasteiger partial charge in [0.05, 0.1) is 19.6 Å². The van der Waals surface area contributed by atoms with Gasteiger partial charge in [0.1, 0.15) is 0 Å². The first kappa shape index (κ1) is 13.8. The first-order chi connectivity index (χ1) is 9.16. The first-order valence-corrected chi connectivity index (χ1v) is 6.36. The van der Waals surface area contributed by atoms with Crippen LogP contribution in [-0.2, 0) is 16.1 Å². The van der Waals surface area contributed by atoms with Gasteiger partial charge in [-0.2, -0.15) is 0 Å². The summed E-state index contributed by atoms with van der Waals surface area (Å²) >= 11 is 0. The van der Waals surface area contributed by atoms with Gasteiger partial charge >= 0.3 is 5.97 Å². The Hall–Kier alpha value is -1.66. The zero-order valence-electron chi connectivity index (χ0n) is 10.7. The molecule has 0 aromatic carbocycles. The summed E-state index contributed by atoms with van der Waals surface area (Å²) in [5, 5.41) is 8.88. The lowest BCUT2D eigenvalue weighted by molar-refractivity contribution is -0.140. The molecule has 0 saturated carbocycles. The Morgan fingerprint density at radius 2 is 2.26 bits per heavy atom. The lowest BCUT2D eigenvalue weighted by Crippen LogP contribution is -2.48. The standard InChI is InChI=1S/C13H18N2O4/c16-12-3-1-2-4-15(12)6-5-14-7-8-19-10-11(14)9-13(17)18/h1-4,11H,5-10H2,(H,17,18). The summed E-state index contributed by atoms with van der Waals surface area (Å²) in [6.45, 7) is 2.98. The number of hydrogen-bond donors (Lipinski definition) is 1. The van der Waals surface area contributed by atoms with E-state index in [1.807, 2.05) is 6.07 Å². The molecule has 1 aliphatic heterocycles. The fourth-order valence-corrected chi connectivity index (χ4v) is 2.25. The van der Waals surface area contributed by atoms with Crippen molar-refractivity contribution in [3.63, 3.8) is 0 Å². The Morgan fingerprint density at radius 1 is 1.42 bits per heavy atom. The normalized spacial score (nSPS) is 20.3. The number of nitrogens with zero attached hydrogens (tertiary/aromatic N) is 2. The van der Waals surface area contributed by atoms with Crippen molar-refractivity contribution >= 4 is 5.97 Å². The third-order valence-corrected chi connectivity index (χ3v) is 3.29. The maximum atomic E-state index is 11.6. The van der Waals surface area contributed by atoms with Crippen molar-refractivity contribution in [2.45, 2.75) is 19.0 Å². The molecule has 1 atom stereocenters. The fraction of sp³-hybridized carbons (Fsp3) is 0.538. The summed E-state index contributed by atoms with van der Waals surface area (Å²) < 4.78 is 6.95. The molecule has 1 fully saturated rings. The molecule has 1 unspecified atom stereocenters. The Balaban J connectivity index is 1.94. The maximum absolute atomic E-state index is 11.6. The molecule has 2 rings (SSSR count). The molecule has 1 N–H and O–H groups in total. The summed E-state index contributed by atoms with van der Waals surface area (Å²) in [4.78, 5) is 24.5. The average Bonchev–Trinajstić information content (AvgIpc) is 2.39. The highest BCUT2D eigenvalue weighted by Gasteiger charge is 2.24. The topological polar surface area (TPSA) is 71.8 Å². The van der Waals surface area contributed by atoms with Crippen LogP contribution in [0.2, 0.25) is 0 Å². The van der Waals surface area contributed by atoms with E-state index in [-0.39, 0.29) is 18.0 Å². The molecule has 1 aromatic heterocycles. The summed E-state index contributed by atoms with van der Waals surface area (Å²) in [7, 11) is 0. The van der Waals surface area contributed by atoms with Gasteiger partial charge < -0.3 is 14.4 Å². The predicted octanol–water partition coefficient (Wildman–Crippen LogP) is 0.0238. The summed E-state index contributed by atoms with van der Waals surface area (Å²) in [5.74, 6) is -0.822. The van der Waals surface area contributed by atoms with Crippen molar-refractivity contribution in [3.05, 3.63) is 34.7 Å². The molecule has 0 amide bonds. The minimum absolute atomic E-state index is 0.0365. The highest BCUT2D eigenvalue weighted by atomic mass is 16.5. The zero-order chi connectivity index (χ0) is 13.7. The Kier molecular flexibility index (Phi) is 4.70. The summed E-state index contributed by atoms with van der Waals surface area (Å²) in [6.07, 6.45) is 1.82. The van der Waals surface area contributed by atoms with Gasteiger partial charge in [-0.1, -0.05) is 6.07 Å². The van der Waals surface area contributed by atoms with Gasteiger partial charge in [-0.15, -0.1) is 0 Å². The fourth-order valence-electron chi connectivity index (χ4n) is 2.25. The third-order valence-electron chi connectivity index (χ3n) is 3.29. The first-order valence-electron chi connectivity index (χ1n) is 6.36. The van der Waals surface area contributed by atoms with Crippen LogP contribution in [0.15, 0.2) is 29.2 Å². The molecular weight excluding hydrogens is 248 g/mol. The number of carboxylic acid groups (broad SMARTS) is 1. The number of aliphatic carboxylic acids is 1. The molecule has 0 aliphatic carbocycles. The minimum Gasteiger partial charge on any atom is -0.481 e. The zero-order valence-corrected chi connectivity index (χ0v) is 10.7. The SMILES string of the molecule is O=C(O)CC1COCCN1CCn1ccccc1=O. The number of rotatable bonds is 5. The van der Waals surface area contributed by atoms with Crippen molar-refractivity contribution in [3.8, 4) is 0 Å². The van der Waals surface area contributed by atoms with Crippen LogP contribution in [-0.4, -0.2) is 52.9 Å². The Bertz CT molecular complexity index is 486. The second-order valence-corrected chi connectivity index (χ2v) is 4.59. The summed E-state index contributed by atoms with van der Waals surface area (Å²) in [6, 6.07) is 4.94. The number of carboxylic acids is 1. The lowest BCUT2D eigenvalue weighted by Gasteiger charge is -2.34. The van der Waals surface area contributed by atoms with Gasteiger partial charge in [-0.3, -0.25) is 14.5 Å². The molecule has 0 bridgehead atoms. The van der Waals surface area contributed by atoms with Crippen molar-refractivity contribution < 1.29 is 14.6 Å². The maximum Gasteiger partial charge on any atom is 0.305 e. The predicted molar refractivity (Wildman–Crippen MR) is 69.1 cm³/mol. The van der Waals surface area contributed by atoms with Crippen LogP contribution in [0.5, 0.6) is 0 Å². The van der Waals surface area contributed by atoms with Gasteiger partial charge in [0.2, 0.25) is 0 Å². The van der Waals surface area contributed by atoms with Gasteiger partial charge in [-0.05, 0) is 6.07 Å². The van der Waals surface area contributed by atoms with Gasteiger partial charge in [0.25, 0.3) is 5.56 Å². The van der Waals surface area contributed by atoms with E-state index in [0.717, 1.165) is 0 Å². The molecular formula is C13H18N2O4. The molecule has 0 spiro atoms. The van der Waals surface area contributed by atoms with Crippen LogP contribution in [0.1, 0.15) is 6.42 Å². The van der Waals surface area contributed by atoms with E-state index in [2.05, 4.69) is 4.90 Å². The van der Waals surface area contributed by atoms with E-state index >= 15 is 0 Å². The molecule has 1 aliphatic rings. The summed E-state index contributed by atoms with van der Waals surface area (Å²) in [5.41, 5.74) is -0.0365. The van der Waals surface area contributed by atoms with Crippen LogP contribution in [0.4, 0.5) is 0 Å². The van der Waals surface area contributed by atoms with Crippen LogP contribution >= 0.6 is 0 Å². The van der Waals surface area contributed by atoms with Gasteiger partial charge in [-0.25, -0.2) is 0 Å². The van der Waals surface area contributed by atoms with Crippen molar-refractivity contribution in [1.82, 2.24) is 9.47 Å². The number of hydrogen-bond acceptors (Lipinski definition) is 4. The second-order valence-electron chi connectivity index (χ2n) is 4.59. The van der Waals surface area contributed by atoms with Gasteiger partial charge in [0, 0.05) is 37.9 Å². The van der Waals surface area contributed by atoms with Crippen LogP contribution in [0, 0.1) is 0 Å². The molecule has 6 nitrogen and oxygen atoms in total. The highest BCUT2D eigenvalue weighted by Crippen LogP contribution is 2.10. The van der Waals surface area contributed by atoms with Crippen LogP contribution in [0.25, 0.3) is 0 Å². The molecule has 6 heteroatoms. The number of morpholine rings is 1. The molecule has 2 heterocycles. The van der Waals surface area contributed by atoms with Crippen molar-refractivity contribution in [1.29, 1.82) is 0 Å². The molecule has 19 heavy (non-hydrogen) atoms. The third kappa shape index (κ3) is 3.90. The minimum atomic E-state index is -0.822. The average molecular weight is 266 g/mol. The quantitative estimate of drug-likeness (QED) is 0.813. The number of pyridine rings is 1. The number of carbonyl (C=O) groups is 1. The highest BCUT2D eigenvalue weighted by molar-refractivity contribution is 5.67. The Labute approximate surface area is 111 Å². The second kappa shape index (κ2) is 6.49. The lowest BCUT2D eigenvalue weighted by atomic mass is 10.1. The molecule has 1 saturated heterocycles. The molecule has 0 radical (unpaired) electrons. The smallest absolute Gasteiger partial charge is 0.305 e. The number of aromatic nitrogens is 1. The van der Waals surface area contributed by atoms with Crippen molar-refractivity contribution in [2.24, 2.45) is 0 Å². The van der Waals surface area contributed by atoms with E-state index in [4.69, 9.17) is 9.84 Å². The van der Waals surface area contributed by atoms with Crippen LogP contribution < -0.4 is 5.56 Å². The van der Waals surface area contributed by atoms with E-state index < -0.39 is 5.97 Å². The van der Waals surface area contributed by atoms with Crippen LogP contribution in [0.3, 0.4) is 0 Å². The number of ether oxygens (including phenoxy) is 1.